The third kappa shape index (κ3) is 6.33. The minimum absolute atomic E-state index is 0.125. The number of phosphoric ester groups is 1. The largest absolute Gasteiger partial charge is 0.469 e. The van der Waals surface area contributed by atoms with E-state index in [2.05, 4.69) is 4.52 Å². The molecule has 0 aromatic heterocycles. The van der Waals surface area contributed by atoms with Crippen LogP contribution in [0, 0.1) is 0 Å². The van der Waals surface area contributed by atoms with Crippen molar-refractivity contribution < 1.29 is 54.3 Å². The third-order valence-electron chi connectivity index (χ3n) is 2.35. The summed E-state index contributed by atoms with van der Waals surface area (Å²) in [5.41, 5.74) is 0. The quantitative estimate of drug-likeness (QED) is 0.150. The van der Waals surface area contributed by atoms with E-state index in [1.54, 1.807) is 0 Å². The molecule has 20 heavy (non-hydrogen) atoms. The van der Waals surface area contributed by atoms with Crippen molar-refractivity contribution in [3.05, 3.63) is 0 Å². The molecule has 0 saturated carbocycles. The van der Waals surface area contributed by atoms with Crippen LogP contribution in [0.5, 0.6) is 0 Å². The molecule has 0 saturated heterocycles. The van der Waals surface area contributed by atoms with Crippen molar-refractivity contribution in [1.82, 2.24) is 0 Å². The Hall–Kier alpha value is -0.460. The predicted octanol–water partition coefficient (Wildman–Crippen LogP) is -4.54. The van der Waals surface area contributed by atoms with Gasteiger partial charge in [0, 0.05) is 0 Å². The van der Waals surface area contributed by atoms with E-state index >= 15 is 0 Å². The van der Waals surface area contributed by atoms with Crippen LogP contribution in [0.3, 0.4) is 0 Å². The average Bonchev–Trinajstić information content (AvgIpc) is 2.39. The van der Waals surface area contributed by atoms with Gasteiger partial charge in [-0.15, -0.1) is 0 Å². The fraction of sp³-hybridized carbons (Fsp3) is 0.875. The number of carbonyl (C=O) groups is 1. The van der Waals surface area contributed by atoms with Crippen LogP contribution in [-0.4, -0.2) is 89.9 Å². The van der Waals surface area contributed by atoms with Gasteiger partial charge in [0.1, 0.15) is 36.6 Å². The molecule has 0 spiro atoms. The lowest BCUT2D eigenvalue weighted by Crippen LogP contribution is -2.53. The molecule has 0 aromatic rings. The van der Waals surface area contributed by atoms with Crippen molar-refractivity contribution >= 4 is 14.1 Å². The molecule has 8 N–H and O–H groups in total. The Morgan fingerprint density at radius 2 is 1.35 bits per heavy atom. The summed E-state index contributed by atoms with van der Waals surface area (Å²) >= 11 is 0. The van der Waals surface area contributed by atoms with Gasteiger partial charge in [-0.25, -0.2) is 4.57 Å². The number of hydrogen-bond acceptors (Lipinski definition) is 9. The van der Waals surface area contributed by atoms with Crippen molar-refractivity contribution in [2.75, 3.05) is 6.61 Å². The molecule has 0 fully saturated rings. The first-order chi connectivity index (χ1) is 9.01. The zero-order chi connectivity index (χ0) is 16.1. The first-order valence-corrected chi connectivity index (χ1v) is 6.78. The highest BCUT2D eigenvalue weighted by Gasteiger charge is 2.37. The normalized spacial score (nSPS) is 21.6. The minimum Gasteiger partial charge on any atom is -0.388 e. The Kier molecular flexibility index (Phi) is 7.91. The number of carbonyl (C=O) groups excluding carboxylic acids is 1. The summed E-state index contributed by atoms with van der Waals surface area (Å²) in [6, 6.07) is 0. The second-order valence-electron chi connectivity index (χ2n) is 3.94. The molecule has 12 heteroatoms. The first kappa shape index (κ1) is 19.5. The van der Waals surface area contributed by atoms with Crippen molar-refractivity contribution in [3.8, 4) is 0 Å². The molecule has 0 bridgehead atoms. The van der Waals surface area contributed by atoms with Crippen LogP contribution in [0.15, 0.2) is 0 Å². The molecule has 0 heterocycles. The summed E-state index contributed by atoms with van der Waals surface area (Å²) in [5, 5.41) is 55.5. The molecule has 1 unspecified atom stereocenters. The van der Waals surface area contributed by atoms with Gasteiger partial charge in [-0.2, -0.15) is 0 Å². The molecule has 0 aromatic carbocycles. The van der Waals surface area contributed by atoms with E-state index in [9.17, 15) is 34.9 Å². The Balaban J connectivity index is 4.55. The van der Waals surface area contributed by atoms with Gasteiger partial charge in [-0.3, -0.25) is 4.52 Å². The standard InChI is InChI=1S/C8H17O11P/c9-1-3(10)5(12)7(14)8(15)6(13)4(11)2-19-20(16,17)18/h1,3-8,10-15H,2H2,(H2,16,17,18)/t3-,4?,5+,6-,7-,8+/m0/s1. The smallest absolute Gasteiger partial charge is 0.388 e. The van der Waals surface area contributed by atoms with Gasteiger partial charge in [0.15, 0.2) is 6.29 Å². The second-order valence-corrected chi connectivity index (χ2v) is 5.18. The Bertz CT molecular complexity index is 343. The highest BCUT2D eigenvalue weighted by atomic mass is 31.2. The van der Waals surface area contributed by atoms with E-state index in [0.29, 0.717) is 0 Å². The third-order valence-corrected chi connectivity index (χ3v) is 2.83. The van der Waals surface area contributed by atoms with Gasteiger partial charge in [-0.1, -0.05) is 0 Å². The molecule has 0 aliphatic heterocycles. The van der Waals surface area contributed by atoms with Gasteiger partial charge < -0.3 is 45.2 Å². The lowest BCUT2D eigenvalue weighted by atomic mass is 9.97. The van der Waals surface area contributed by atoms with Crippen LogP contribution in [0.4, 0.5) is 0 Å². The topological polar surface area (TPSA) is 205 Å². The van der Waals surface area contributed by atoms with Crippen LogP contribution in [0.2, 0.25) is 0 Å². The maximum atomic E-state index is 10.4. The maximum Gasteiger partial charge on any atom is 0.469 e. The molecule has 0 rings (SSSR count). The summed E-state index contributed by atoms with van der Waals surface area (Å²) in [4.78, 5) is 26.9. The summed E-state index contributed by atoms with van der Waals surface area (Å²) < 4.78 is 14.2. The zero-order valence-electron chi connectivity index (χ0n) is 10.00. The van der Waals surface area contributed by atoms with Crippen molar-refractivity contribution in [3.63, 3.8) is 0 Å². The number of hydrogen-bond donors (Lipinski definition) is 8. The molecule has 6 atom stereocenters. The molecular weight excluding hydrogens is 303 g/mol. The number of phosphoric acid groups is 1. The highest BCUT2D eigenvalue weighted by molar-refractivity contribution is 7.46. The zero-order valence-corrected chi connectivity index (χ0v) is 10.9. The van der Waals surface area contributed by atoms with Crippen molar-refractivity contribution in [1.29, 1.82) is 0 Å². The van der Waals surface area contributed by atoms with Crippen LogP contribution in [0.1, 0.15) is 0 Å². The number of aldehydes is 1. The number of rotatable bonds is 9. The Labute approximate surface area is 112 Å². The van der Waals surface area contributed by atoms with E-state index < -0.39 is 51.1 Å². The predicted molar refractivity (Wildman–Crippen MR) is 60.1 cm³/mol. The van der Waals surface area contributed by atoms with Gasteiger partial charge in [-0.05, 0) is 0 Å². The summed E-state index contributed by atoms with van der Waals surface area (Å²) in [5.74, 6) is 0. The highest BCUT2D eigenvalue weighted by Crippen LogP contribution is 2.35. The van der Waals surface area contributed by atoms with Crippen LogP contribution in [-0.2, 0) is 13.9 Å². The lowest BCUT2D eigenvalue weighted by molar-refractivity contribution is -0.159. The second kappa shape index (κ2) is 8.10. The SMILES string of the molecule is O=C[C@H](O)[C@@H](O)[C@H](O)[C@H](O)[C@@H](O)C(O)COP(=O)(O)O. The molecule has 11 nitrogen and oxygen atoms in total. The molecule has 0 amide bonds. The van der Waals surface area contributed by atoms with Crippen LogP contribution < -0.4 is 0 Å². The van der Waals surface area contributed by atoms with E-state index in [-0.39, 0.29) is 6.29 Å². The monoisotopic (exact) mass is 320 g/mol. The van der Waals surface area contributed by atoms with Gasteiger partial charge >= 0.3 is 7.82 Å². The van der Waals surface area contributed by atoms with Crippen molar-refractivity contribution in [2.24, 2.45) is 0 Å². The van der Waals surface area contributed by atoms with Gasteiger partial charge in [0.2, 0.25) is 0 Å². The van der Waals surface area contributed by atoms with Crippen molar-refractivity contribution in [2.45, 2.75) is 36.6 Å². The molecule has 0 radical (unpaired) electrons. The van der Waals surface area contributed by atoms with Crippen LogP contribution >= 0.6 is 7.82 Å². The molecule has 0 aliphatic rings. The number of aliphatic hydroxyl groups is 6. The number of aliphatic hydroxyl groups excluding tert-OH is 6. The Morgan fingerprint density at radius 1 is 0.900 bits per heavy atom. The van der Waals surface area contributed by atoms with Gasteiger partial charge in [0.05, 0.1) is 6.61 Å². The summed E-state index contributed by atoms with van der Waals surface area (Å²) in [6.45, 7) is -1.07. The molecule has 0 aliphatic carbocycles. The van der Waals surface area contributed by atoms with E-state index in [1.165, 1.54) is 0 Å². The maximum absolute atomic E-state index is 10.4. The fourth-order valence-electron chi connectivity index (χ4n) is 1.19. The average molecular weight is 320 g/mol. The minimum atomic E-state index is -4.90. The summed E-state index contributed by atoms with van der Waals surface area (Å²) in [7, 11) is -4.90. The van der Waals surface area contributed by atoms with E-state index in [1.807, 2.05) is 0 Å². The Morgan fingerprint density at radius 3 is 1.75 bits per heavy atom. The van der Waals surface area contributed by atoms with E-state index in [4.69, 9.17) is 14.9 Å². The van der Waals surface area contributed by atoms with E-state index in [0.717, 1.165) is 0 Å². The first-order valence-electron chi connectivity index (χ1n) is 5.25. The fourth-order valence-corrected chi connectivity index (χ4v) is 1.53. The van der Waals surface area contributed by atoms with Gasteiger partial charge in [0.25, 0.3) is 0 Å². The molecular formula is C8H17O11P. The lowest BCUT2D eigenvalue weighted by Gasteiger charge is -2.29. The summed E-state index contributed by atoms with van der Waals surface area (Å²) in [6.07, 6.45) is -12.9. The van der Waals surface area contributed by atoms with Crippen LogP contribution in [0.25, 0.3) is 0 Å². The molecule has 120 valence electrons.